The number of hydrogen-bond acceptors (Lipinski definition) is 5. The summed E-state index contributed by atoms with van der Waals surface area (Å²) in [4.78, 5) is 16.7. The molecule has 7 nitrogen and oxygen atoms in total. The van der Waals surface area contributed by atoms with Gasteiger partial charge in [0, 0.05) is 42.5 Å². The van der Waals surface area contributed by atoms with E-state index in [1.54, 1.807) is 35.4 Å². The summed E-state index contributed by atoms with van der Waals surface area (Å²) in [6.45, 7) is 2.03. The zero-order valence-electron chi connectivity index (χ0n) is 15.7. The van der Waals surface area contributed by atoms with E-state index in [0.717, 1.165) is 11.3 Å². The highest BCUT2D eigenvalue weighted by atomic mass is 16.6. The molecule has 1 aliphatic heterocycles. The number of ether oxygens (including phenoxy) is 2. The number of carbonyl (C=O) groups is 1. The first-order chi connectivity index (χ1) is 14.3. The number of nitrogens with zero attached hydrogens (tertiary/aromatic N) is 3. The highest BCUT2D eigenvalue weighted by Gasteiger charge is 2.16. The van der Waals surface area contributed by atoms with Gasteiger partial charge in [0.15, 0.2) is 0 Å². The third kappa shape index (κ3) is 4.88. The quantitative estimate of drug-likeness (QED) is 0.690. The van der Waals surface area contributed by atoms with Crippen LogP contribution in [0.5, 0.6) is 0 Å². The molecule has 1 fully saturated rings. The normalized spacial score (nSPS) is 15.9. The van der Waals surface area contributed by atoms with Crippen molar-refractivity contribution in [3.63, 3.8) is 0 Å². The topological polar surface area (TPSA) is 78.3 Å². The number of nitrogens with one attached hydrogen (secondary N) is 1. The third-order valence-corrected chi connectivity index (χ3v) is 4.39. The highest BCUT2D eigenvalue weighted by Crippen LogP contribution is 2.16. The van der Waals surface area contributed by atoms with E-state index in [1.165, 1.54) is 0 Å². The van der Waals surface area contributed by atoms with Gasteiger partial charge < -0.3 is 14.8 Å². The van der Waals surface area contributed by atoms with Gasteiger partial charge in [0.1, 0.15) is 0 Å². The lowest BCUT2D eigenvalue weighted by molar-refractivity contribution is -0.0855. The molecule has 0 spiro atoms. The van der Waals surface area contributed by atoms with Gasteiger partial charge in [-0.2, -0.15) is 5.10 Å². The maximum absolute atomic E-state index is 12.6. The van der Waals surface area contributed by atoms with Crippen molar-refractivity contribution < 1.29 is 14.3 Å². The van der Waals surface area contributed by atoms with E-state index < -0.39 is 0 Å². The molecule has 1 N–H and O–H groups in total. The maximum atomic E-state index is 12.6. The largest absolute Gasteiger partial charge is 0.376 e. The van der Waals surface area contributed by atoms with E-state index in [1.807, 2.05) is 30.5 Å². The van der Waals surface area contributed by atoms with Gasteiger partial charge in [-0.1, -0.05) is 11.8 Å². The Morgan fingerprint density at radius 3 is 2.93 bits per heavy atom. The molecule has 4 rings (SSSR count). The molecule has 1 amide bonds. The molecule has 146 valence electrons. The number of aromatic nitrogens is 3. The lowest BCUT2D eigenvalue weighted by Crippen LogP contribution is -2.39. The zero-order valence-corrected chi connectivity index (χ0v) is 15.7. The molecule has 1 aliphatic rings. The maximum Gasteiger partial charge on any atom is 0.251 e. The minimum Gasteiger partial charge on any atom is -0.376 e. The van der Waals surface area contributed by atoms with E-state index >= 15 is 0 Å². The molecular weight excluding hydrogens is 368 g/mol. The predicted octanol–water partition coefficient (Wildman–Crippen LogP) is 1.81. The Morgan fingerprint density at radius 1 is 1.21 bits per heavy atom. The van der Waals surface area contributed by atoms with Crippen LogP contribution in [0.3, 0.4) is 0 Å². The second-order valence-corrected chi connectivity index (χ2v) is 6.45. The number of hydrogen-bond donors (Lipinski definition) is 1. The van der Waals surface area contributed by atoms with Gasteiger partial charge in [-0.25, -0.2) is 4.68 Å². The number of amides is 1. The fourth-order valence-electron chi connectivity index (χ4n) is 2.93. The highest BCUT2D eigenvalue weighted by molar-refractivity contribution is 5.95. The first-order valence-corrected chi connectivity index (χ1v) is 9.33. The summed E-state index contributed by atoms with van der Waals surface area (Å²) in [5.74, 6) is 6.05. The van der Waals surface area contributed by atoms with Gasteiger partial charge in [0.25, 0.3) is 5.91 Å². The average molecular weight is 388 g/mol. The molecule has 2 aromatic heterocycles. The van der Waals surface area contributed by atoms with Crippen molar-refractivity contribution in [3.8, 4) is 17.5 Å². The number of pyridine rings is 1. The van der Waals surface area contributed by atoms with Gasteiger partial charge in [-0.15, -0.1) is 0 Å². The van der Waals surface area contributed by atoms with Gasteiger partial charge in [0.2, 0.25) is 0 Å². The van der Waals surface area contributed by atoms with Crippen LogP contribution in [0.2, 0.25) is 0 Å². The standard InChI is InChI=1S/C22H20N4O3/c27-22(24-15-20-16-28-11-12-29-20)19-6-7-21(26-10-2-9-25-26)18(13-19)5-4-17-3-1-8-23-14-17/h1-3,6-10,13-14,20H,11-12,15-16H2,(H,24,27). The molecule has 1 saturated heterocycles. The van der Waals surface area contributed by atoms with Crippen molar-refractivity contribution in [1.29, 1.82) is 0 Å². The average Bonchev–Trinajstić information content (AvgIpc) is 3.32. The fraction of sp³-hybridized carbons (Fsp3) is 0.227. The van der Waals surface area contributed by atoms with Crippen LogP contribution < -0.4 is 5.32 Å². The number of benzene rings is 1. The van der Waals surface area contributed by atoms with Crippen LogP contribution in [0.25, 0.3) is 5.69 Å². The Balaban J connectivity index is 1.57. The Hall–Kier alpha value is -3.47. The molecule has 1 unspecified atom stereocenters. The van der Waals surface area contributed by atoms with Crippen molar-refractivity contribution in [2.75, 3.05) is 26.4 Å². The van der Waals surface area contributed by atoms with E-state index in [0.29, 0.717) is 37.5 Å². The first kappa shape index (κ1) is 18.9. The summed E-state index contributed by atoms with van der Waals surface area (Å²) < 4.78 is 12.6. The van der Waals surface area contributed by atoms with E-state index in [4.69, 9.17) is 9.47 Å². The summed E-state index contributed by atoms with van der Waals surface area (Å²) in [5.41, 5.74) is 2.81. The third-order valence-electron chi connectivity index (χ3n) is 4.39. The van der Waals surface area contributed by atoms with Crippen molar-refractivity contribution in [1.82, 2.24) is 20.1 Å². The van der Waals surface area contributed by atoms with Crippen LogP contribution in [0, 0.1) is 11.8 Å². The molecule has 0 saturated carbocycles. The zero-order chi connectivity index (χ0) is 19.9. The van der Waals surface area contributed by atoms with Crippen molar-refractivity contribution in [2.45, 2.75) is 6.10 Å². The second kappa shape index (κ2) is 9.15. The molecule has 1 atom stereocenters. The van der Waals surface area contributed by atoms with E-state index in [9.17, 15) is 4.79 Å². The molecule has 0 aliphatic carbocycles. The van der Waals surface area contributed by atoms with Crippen molar-refractivity contribution >= 4 is 5.91 Å². The Labute approximate surface area is 168 Å². The van der Waals surface area contributed by atoms with Crippen LogP contribution in [0.15, 0.2) is 61.2 Å². The fourth-order valence-corrected chi connectivity index (χ4v) is 2.93. The van der Waals surface area contributed by atoms with Gasteiger partial charge in [0.05, 0.1) is 37.2 Å². The Bertz CT molecular complexity index is 1020. The van der Waals surface area contributed by atoms with Crippen molar-refractivity contribution in [3.05, 3.63) is 77.9 Å². The Kier molecular flexibility index (Phi) is 5.95. The number of rotatable bonds is 4. The van der Waals surface area contributed by atoms with Crippen molar-refractivity contribution in [2.24, 2.45) is 0 Å². The molecule has 3 aromatic rings. The molecular formula is C22H20N4O3. The van der Waals surface area contributed by atoms with Crippen LogP contribution in [0.4, 0.5) is 0 Å². The van der Waals surface area contributed by atoms with E-state index in [2.05, 4.69) is 27.2 Å². The summed E-state index contributed by atoms with van der Waals surface area (Å²) in [6, 6.07) is 10.9. The van der Waals surface area contributed by atoms with Gasteiger partial charge in [-0.05, 0) is 36.4 Å². The van der Waals surface area contributed by atoms with Crippen LogP contribution >= 0.6 is 0 Å². The lowest BCUT2D eigenvalue weighted by atomic mass is 10.1. The van der Waals surface area contributed by atoms with Crippen LogP contribution in [-0.2, 0) is 9.47 Å². The number of carbonyl (C=O) groups excluding carboxylic acids is 1. The summed E-state index contributed by atoms with van der Waals surface area (Å²) in [5, 5.41) is 7.18. The molecule has 7 heteroatoms. The summed E-state index contributed by atoms with van der Waals surface area (Å²) >= 11 is 0. The minimum absolute atomic E-state index is 0.124. The molecule has 1 aromatic carbocycles. The Morgan fingerprint density at radius 2 is 2.17 bits per heavy atom. The molecule has 0 bridgehead atoms. The first-order valence-electron chi connectivity index (χ1n) is 9.33. The monoisotopic (exact) mass is 388 g/mol. The smallest absolute Gasteiger partial charge is 0.251 e. The second-order valence-electron chi connectivity index (χ2n) is 6.45. The van der Waals surface area contributed by atoms with Crippen LogP contribution in [-0.4, -0.2) is 53.1 Å². The van der Waals surface area contributed by atoms with Gasteiger partial charge >= 0.3 is 0 Å². The minimum atomic E-state index is -0.185. The molecule has 3 heterocycles. The molecule has 29 heavy (non-hydrogen) atoms. The SMILES string of the molecule is O=C(NCC1COCCO1)c1ccc(-n2cccn2)c(C#Cc2cccnc2)c1. The van der Waals surface area contributed by atoms with Crippen LogP contribution in [0.1, 0.15) is 21.5 Å². The van der Waals surface area contributed by atoms with Gasteiger partial charge in [-0.3, -0.25) is 9.78 Å². The summed E-state index contributed by atoms with van der Waals surface area (Å²) in [6.07, 6.45) is 6.81. The summed E-state index contributed by atoms with van der Waals surface area (Å²) in [7, 11) is 0. The van der Waals surface area contributed by atoms with E-state index in [-0.39, 0.29) is 12.0 Å². The lowest BCUT2D eigenvalue weighted by Gasteiger charge is -2.23. The molecule has 0 radical (unpaired) electrons. The predicted molar refractivity (Wildman–Crippen MR) is 107 cm³/mol.